The van der Waals surface area contributed by atoms with Crippen LogP contribution in [0.1, 0.15) is 5.56 Å². The third-order valence-corrected chi connectivity index (χ3v) is 17.2. The normalized spacial score (nSPS) is 11.6. The number of fused-ring (bicyclic) bond motifs is 6. The van der Waals surface area contributed by atoms with Crippen LogP contribution in [0.2, 0.25) is 0 Å². The van der Waals surface area contributed by atoms with Crippen LogP contribution in [-0.2, 0) is 6.18 Å². The van der Waals surface area contributed by atoms with Crippen LogP contribution in [0.5, 0.6) is 0 Å². The maximum Gasteiger partial charge on any atom is 0.420 e. The lowest BCUT2D eigenvalue weighted by atomic mass is 9.98. The highest BCUT2D eigenvalue weighted by Gasteiger charge is 2.40. The number of halogens is 3. The molecule has 0 spiro atoms. The molecule has 0 bridgehead atoms. The standard InChI is InChI=1S/C82H50F3N7/c1-86-62-28-14-27-56(45-62)61-50-79(91-75-41-37-57(71-33-15-29-67(87-71)52-19-6-2-7-20-52)46-63(75)64-47-58(38-42-76(64)91)72-34-16-30-68(88-72)53-21-8-3-9-22-53)81(82(83,84)85)80(51-61)92-77-43-39-59(73-35-17-31-69(89-73)54-23-10-4-11-24-54)48-65(77)66-49-60(40-44-78(66)92)74-36-18-32-70(90-74)55-25-12-5-13-26-55/h2-51H. The van der Waals surface area contributed by atoms with Crippen LogP contribution >= 0.6 is 0 Å². The molecule has 0 atom stereocenters. The summed E-state index contributed by atoms with van der Waals surface area (Å²) in [4.78, 5) is 24.4. The average Bonchev–Trinajstić information content (AvgIpc) is 1.53. The first-order valence-electron chi connectivity index (χ1n) is 30.2. The monoisotopic (exact) mass is 1190 g/mol. The lowest BCUT2D eigenvalue weighted by Gasteiger charge is -2.23. The van der Waals surface area contributed by atoms with Gasteiger partial charge in [-0.1, -0.05) is 188 Å². The van der Waals surface area contributed by atoms with Crippen molar-refractivity contribution in [2.45, 2.75) is 6.18 Å². The van der Waals surface area contributed by atoms with Crippen LogP contribution in [0.25, 0.3) is 161 Å². The second kappa shape index (κ2) is 22.7. The first-order valence-corrected chi connectivity index (χ1v) is 30.2. The number of aromatic nitrogens is 6. The molecule has 7 nitrogen and oxygen atoms in total. The predicted octanol–water partition coefficient (Wildman–Crippen LogP) is 22.0. The van der Waals surface area contributed by atoms with Gasteiger partial charge in [0.1, 0.15) is 5.56 Å². The minimum atomic E-state index is -4.96. The quantitative estimate of drug-likeness (QED) is 0.121. The van der Waals surface area contributed by atoms with Gasteiger partial charge in [-0.05, 0) is 126 Å². The second-order valence-electron chi connectivity index (χ2n) is 22.7. The third kappa shape index (κ3) is 10.0. The molecule has 0 radical (unpaired) electrons. The Morgan fingerprint density at radius 3 is 0.815 bits per heavy atom. The van der Waals surface area contributed by atoms with Crippen molar-refractivity contribution >= 4 is 49.3 Å². The molecule has 0 saturated heterocycles. The van der Waals surface area contributed by atoms with Gasteiger partial charge in [0.25, 0.3) is 0 Å². The van der Waals surface area contributed by atoms with E-state index in [2.05, 4.69) is 4.85 Å². The molecule has 434 valence electrons. The summed E-state index contributed by atoms with van der Waals surface area (Å²) in [5, 5.41) is 2.86. The van der Waals surface area contributed by atoms with Crippen molar-refractivity contribution in [2.24, 2.45) is 0 Å². The van der Waals surface area contributed by atoms with Crippen LogP contribution < -0.4 is 0 Å². The zero-order chi connectivity index (χ0) is 61.9. The molecule has 6 aromatic heterocycles. The van der Waals surface area contributed by atoms with Gasteiger partial charge in [0, 0.05) is 66.1 Å². The molecule has 6 heterocycles. The molecule has 0 fully saturated rings. The number of hydrogen-bond acceptors (Lipinski definition) is 4. The van der Waals surface area contributed by atoms with E-state index in [1.807, 2.05) is 273 Å². The maximum atomic E-state index is 17.5. The molecule has 10 heteroatoms. The van der Waals surface area contributed by atoms with Crippen LogP contribution in [0.4, 0.5) is 18.9 Å². The number of nitrogens with zero attached hydrogens (tertiary/aromatic N) is 7. The summed E-state index contributed by atoms with van der Waals surface area (Å²) in [6, 6.07) is 97.4. The van der Waals surface area contributed by atoms with Crippen molar-refractivity contribution < 1.29 is 13.2 Å². The molecule has 0 amide bonds. The SMILES string of the molecule is [C-]#[N+]c1cccc(-c2cc(-n3c4ccc(-c5cccc(-c6ccccc6)n5)cc4c4cc(-c5cccc(-c6ccccc6)n5)ccc43)c(C(F)(F)F)c(-n3c4ccc(-c5cccc(-c6ccccc6)n5)cc4c4cc(-c5cccc(-c6ccccc6)n5)ccc43)c2)c1. The van der Waals surface area contributed by atoms with Gasteiger partial charge < -0.3 is 9.13 Å². The Morgan fingerprint density at radius 2 is 0.533 bits per heavy atom. The van der Waals surface area contributed by atoms with Crippen molar-refractivity contribution in [3.63, 3.8) is 0 Å². The summed E-state index contributed by atoms with van der Waals surface area (Å²) in [6.45, 7) is 8.08. The van der Waals surface area contributed by atoms with Crippen LogP contribution in [-0.4, -0.2) is 29.1 Å². The van der Waals surface area contributed by atoms with Crippen LogP contribution in [0.3, 0.4) is 0 Å². The molecule has 0 saturated carbocycles. The van der Waals surface area contributed by atoms with Crippen molar-refractivity contribution in [3.05, 3.63) is 320 Å². The Labute approximate surface area is 527 Å². The summed E-state index contributed by atoms with van der Waals surface area (Å²) in [6.07, 6.45) is -4.96. The van der Waals surface area contributed by atoms with Crippen molar-refractivity contribution in [3.8, 4) is 113 Å². The van der Waals surface area contributed by atoms with E-state index in [1.54, 1.807) is 39.5 Å². The lowest BCUT2D eigenvalue weighted by Crippen LogP contribution is -2.16. The minimum Gasteiger partial charge on any atom is -0.309 e. The number of benzene rings is 10. The Bertz CT molecular complexity index is 4990. The van der Waals surface area contributed by atoms with E-state index in [4.69, 9.17) is 26.5 Å². The Kier molecular flexibility index (Phi) is 13.6. The van der Waals surface area contributed by atoms with Crippen molar-refractivity contribution in [1.29, 1.82) is 0 Å². The van der Waals surface area contributed by atoms with E-state index in [1.165, 1.54) is 0 Å². The molecule has 16 rings (SSSR count). The maximum absolute atomic E-state index is 17.5. The zero-order valence-electron chi connectivity index (χ0n) is 49.1. The molecule has 0 aliphatic heterocycles. The average molecular weight is 1190 g/mol. The van der Waals surface area contributed by atoms with Gasteiger partial charge in [0.05, 0.1) is 85.6 Å². The van der Waals surface area contributed by atoms with Crippen LogP contribution in [0, 0.1) is 6.57 Å². The summed E-state index contributed by atoms with van der Waals surface area (Å²) in [5.41, 5.74) is 15.5. The molecular weight excluding hydrogens is 1140 g/mol. The largest absolute Gasteiger partial charge is 0.420 e. The van der Waals surface area contributed by atoms with Gasteiger partial charge in [-0.25, -0.2) is 24.8 Å². The van der Waals surface area contributed by atoms with Gasteiger partial charge in [0.2, 0.25) is 0 Å². The first kappa shape index (κ1) is 55.0. The summed E-state index contributed by atoms with van der Waals surface area (Å²) in [5.74, 6) is 0. The van der Waals surface area contributed by atoms with E-state index in [0.29, 0.717) is 83.2 Å². The topological polar surface area (TPSA) is 65.8 Å². The fourth-order valence-electron chi connectivity index (χ4n) is 12.8. The fraction of sp³-hybridized carbons (Fsp3) is 0.0122. The summed E-state index contributed by atoms with van der Waals surface area (Å²) < 4.78 is 56.0. The number of hydrogen-bond donors (Lipinski definition) is 0. The van der Waals surface area contributed by atoms with Gasteiger partial charge >= 0.3 is 6.18 Å². The molecule has 0 aliphatic carbocycles. The molecule has 0 unspecified atom stereocenters. The van der Waals surface area contributed by atoms with E-state index in [9.17, 15) is 0 Å². The first-order chi connectivity index (χ1) is 45.2. The van der Waals surface area contributed by atoms with E-state index >= 15 is 13.2 Å². The molecule has 0 aliphatic rings. The molecular formula is C82H50F3N7. The van der Waals surface area contributed by atoms with Gasteiger partial charge in [0.15, 0.2) is 5.69 Å². The zero-order valence-corrected chi connectivity index (χ0v) is 49.1. The Hall–Kier alpha value is -12.3. The van der Waals surface area contributed by atoms with Gasteiger partial charge in [-0.2, -0.15) is 13.2 Å². The Balaban J connectivity index is 0.971. The highest BCUT2D eigenvalue weighted by atomic mass is 19.4. The molecule has 92 heavy (non-hydrogen) atoms. The van der Waals surface area contributed by atoms with E-state index in [0.717, 1.165) is 67.3 Å². The van der Waals surface area contributed by atoms with E-state index < -0.39 is 11.7 Å². The van der Waals surface area contributed by atoms with Gasteiger partial charge in [-0.15, -0.1) is 0 Å². The molecule has 16 aromatic rings. The smallest absolute Gasteiger partial charge is 0.309 e. The van der Waals surface area contributed by atoms with Crippen LogP contribution in [0.15, 0.2) is 303 Å². The second-order valence-corrected chi connectivity index (χ2v) is 22.7. The number of pyridine rings is 4. The predicted molar refractivity (Wildman–Crippen MR) is 366 cm³/mol. The van der Waals surface area contributed by atoms with E-state index in [-0.39, 0.29) is 11.4 Å². The number of rotatable bonds is 11. The summed E-state index contributed by atoms with van der Waals surface area (Å²) >= 11 is 0. The third-order valence-electron chi connectivity index (χ3n) is 17.2. The van der Waals surface area contributed by atoms with Crippen molar-refractivity contribution in [1.82, 2.24) is 29.1 Å². The molecule has 10 aromatic carbocycles. The van der Waals surface area contributed by atoms with Crippen molar-refractivity contribution in [2.75, 3.05) is 0 Å². The van der Waals surface area contributed by atoms with Gasteiger partial charge in [-0.3, -0.25) is 0 Å². The Morgan fingerprint density at radius 1 is 0.261 bits per heavy atom. The molecule has 0 N–H and O–H groups in total. The number of alkyl halides is 3. The highest BCUT2D eigenvalue weighted by Crippen LogP contribution is 2.48. The minimum absolute atomic E-state index is 0.0980. The summed E-state index contributed by atoms with van der Waals surface area (Å²) in [7, 11) is 0. The highest BCUT2D eigenvalue weighted by molar-refractivity contribution is 6.14. The fourth-order valence-corrected chi connectivity index (χ4v) is 12.8. The lowest BCUT2D eigenvalue weighted by molar-refractivity contribution is -0.137.